The van der Waals surface area contributed by atoms with Crippen LogP contribution in [0.2, 0.25) is 0 Å². The first-order valence-corrected chi connectivity index (χ1v) is 14.6. The molecule has 0 spiro atoms. The van der Waals surface area contributed by atoms with Crippen LogP contribution in [0, 0.1) is 24.5 Å². The number of aliphatic hydroxyl groups is 2. The molecule has 2 rings (SSSR count). The smallest absolute Gasteiger partial charge is 0.253 e. The third kappa shape index (κ3) is 11.1. The highest BCUT2D eigenvalue weighted by Crippen LogP contribution is 2.17. The molecule has 3 atom stereocenters. The van der Waals surface area contributed by atoms with Crippen LogP contribution in [0.25, 0.3) is 0 Å². The summed E-state index contributed by atoms with van der Waals surface area (Å²) in [5.41, 5.74) is 1.50. The summed E-state index contributed by atoms with van der Waals surface area (Å²) in [5.74, 6) is -2.79. The van der Waals surface area contributed by atoms with E-state index in [0.717, 1.165) is 31.0 Å². The molecule has 0 saturated heterocycles. The third-order valence-electron chi connectivity index (χ3n) is 6.76. The fourth-order valence-electron chi connectivity index (χ4n) is 4.81. The molecule has 232 valence electrons. The molecule has 0 aliphatic heterocycles. The van der Waals surface area contributed by atoms with Gasteiger partial charge in [0.15, 0.2) is 0 Å². The first kappa shape index (κ1) is 34.8. The predicted molar refractivity (Wildman–Crippen MR) is 158 cm³/mol. The maximum atomic E-state index is 13.9. The number of rotatable bonds is 16. The molecule has 8 nitrogen and oxygen atoms in total. The summed E-state index contributed by atoms with van der Waals surface area (Å²) < 4.78 is 27.8. The van der Waals surface area contributed by atoms with Crippen molar-refractivity contribution in [3.05, 3.63) is 70.3 Å². The zero-order valence-corrected chi connectivity index (χ0v) is 25.3. The van der Waals surface area contributed by atoms with Crippen molar-refractivity contribution in [2.24, 2.45) is 5.92 Å². The molecule has 3 unspecified atom stereocenters. The van der Waals surface area contributed by atoms with Crippen LogP contribution in [-0.2, 0) is 11.2 Å². The Balaban J connectivity index is 2.25. The van der Waals surface area contributed by atoms with E-state index < -0.39 is 41.7 Å². The number of carbonyl (C=O) groups is 3. The number of hydrogen-bond acceptors (Lipinski definition) is 5. The maximum Gasteiger partial charge on any atom is 0.253 e. The lowest BCUT2D eigenvalue weighted by molar-refractivity contribution is -0.130. The number of halogens is 2. The van der Waals surface area contributed by atoms with Crippen LogP contribution in [0.3, 0.4) is 0 Å². The Kier molecular flexibility index (Phi) is 14.0. The number of hydrogen-bond donors (Lipinski definition) is 4. The Morgan fingerprint density at radius 3 is 2.07 bits per heavy atom. The van der Waals surface area contributed by atoms with Crippen LogP contribution in [0.1, 0.15) is 85.2 Å². The van der Waals surface area contributed by atoms with Gasteiger partial charge in [-0.1, -0.05) is 27.7 Å². The van der Waals surface area contributed by atoms with Gasteiger partial charge in [0.1, 0.15) is 17.7 Å². The summed E-state index contributed by atoms with van der Waals surface area (Å²) in [7, 11) is 0. The second-order valence-corrected chi connectivity index (χ2v) is 11.2. The van der Waals surface area contributed by atoms with Gasteiger partial charge in [0.2, 0.25) is 5.91 Å². The molecule has 0 saturated carbocycles. The lowest BCUT2D eigenvalue weighted by Gasteiger charge is -2.25. The SMILES string of the molecule is CCCN(CCC)C(=O)c1cc(C)cc(C(=O)NC(Cc2cc(F)cc(F)c2)C(O)CCNC(=O)C(O)CC(C)C)c1. The third-order valence-corrected chi connectivity index (χ3v) is 6.76. The Morgan fingerprint density at radius 1 is 0.905 bits per heavy atom. The van der Waals surface area contributed by atoms with Crippen molar-refractivity contribution < 1.29 is 33.4 Å². The zero-order valence-electron chi connectivity index (χ0n) is 25.3. The van der Waals surface area contributed by atoms with E-state index >= 15 is 0 Å². The Hall–Kier alpha value is -3.37. The fraction of sp³-hybridized carbons (Fsp3) is 0.531. The molecule has 0 aliphatic rings. The van der Waals surface area contributed by atoms with Gasteiger partial charge in [-0.15, -0.1) is 0 Å². The van der Waals surface area contributed by atoms with Crippen LogP contribution in [0.15, 0.2) is 36.4 Å². The van der Waals surface area contributed by atoms with E-state index in [4.69, 9.17) is 0 Å². The molecule has 0 radical (unpaired) electrons. The lowest BCUT2D eigenvalue weighted by Crippen LogP contribution is -2.46. The summed E-state index contributed by atoms with van der Waals surface area (Å²) in [5, 5.41) is 26.4. The summed E-state index contributed by atoms with van der Waals surface area (Å²) in [6.45, 7) is 10.7. The standard InChI is InChI=1S/C32H45F2N3O5/c1-6-10-37(11-7-2)32(42)24-14-21(5)13-23(18-24)30(40)36-27(17-22-15-25(33)19-26(34)16-22)28(38)8-9-35-31(41)29(39)12-20(3)4/h13-16,18-20,27-29,38-39H,6-12,17H2,1-5H3,(H,35,41)(H,36,40). The van der Waals surface area contributed by atoms with E-state index in [1.165, 1.54) is 6.07 Å². The normalized spacial score (nSPS) is 13.4. The van der Waals surface area contributed by atoms with Crippen molar-refractivity contribution >= 4 is 17.7 Å². The van der Waals surface area contributed by atoms with Gasteiger partial charge in [0.25, 0.3) is 11.8 Å². The van der Waals surface area contributed by atoms with Gasteiger partial charge in [-0.05, 0) is 86.4 Å². The van der Waals surface area contributed by atoms with Gasteiger partial charge >= 0.3 is 0 Å². The fourth-order valence-corrected chi connectivity index (χ4v) is 4.81. The van der Waals surface area contributed by atoms with E-state index in [1.54, 1.807) is 24.0 Å². The van der Waals surface area contributed by atoms with Crippen molar-refractivity contribution in [1.29, 1.82) is 0 Å². The van der Waals surface area contributed by atoms with E-state index in [2.05, 4.69) is 10.6 Å². The molecule has 3 amide bonds. The monoisotopic (exact) mass is 589 g/mol. The first-order valence-electron chi connectivity index (χ1n) is 14.6. The second kappa shape index (κ2) is 16.9. The van der Waals surface area contributed by atoms with Crippen LogP contribution in [-0.4, -0.2) is 70.7 Å². The highest BCUT2D eigenvalue weighted by Gasteiger charge is 2.25. The highest BCUT2D eigenvalue weighted by molar-refractivity contribution is 6.00. The van der Waals surface area contributed by atoms with E-state index in [1.807, 2.05) is 27.7 Å². The lowest BCUT2D eigenvalue weighted by atomic mass is 9.97. The summed E-state index contributed by atoms with van der Waals surface area (Å²) in [6.07, 6.45) is -0.610. The van der Waals surface area contributed by atoms with Gasteiger partial charge in [-0.2, -0.15) is 0 Å². The number of nitrogens with zero attached hydrogens (tertiary/aromatic N) is 1. The van der Waals surface area contributed by atoms with Crippen molar-refractivity contribution in [1.82, 2.24) is 15.5 Å². The first-order chi connectivity index (χ1) is 19.8. The van der Waals surface area contributed by atoms with Gasteiger partial charge in [-0.25, -0.2) is 8.78 Å². The van der Waals surface area contributed by atoms with E-state index in [9.17, 15) is 33.4 Å². The van der Waals surface area contributed by atoms with Crippen LogP contribution in [0.5, 0.6) is 0 Å². The minimum Gasteiger partial charge on any atom is -0.391 e. The Morgan fingerprint density at radius 2 is 1.50 bits per heavy atom. The molecule has 10 heteroatoms. The molecule has 0 aromatic heterocycles. The minimum absolute atomic E-state index is 0.00340. The largest absolute Gasteiger partial charge is 0.391 e. The topological polar surface area (TPSA) is 119 Å². The van der Waals surface area contributed by atoms with Crippen molar-refractivity contribution in [2.45, 2.75) is 85.0 Å². The summed E-state index contributed by atoms with van der Waals surface area (Å²) >= 11 is 0. The van der Waals surface area contributed by atoms with Crippen molar-refractivity contribution in [3.8, 4) is 0 Å². The molecule has 0 bridgehead atoms. The minimum atomic E-state index is -1.21. The Bertz CT molecular complexity index is 1180. The highest BCUT2D eigenvalue weighted by atomic mass is 19.1. The quantitative estimate of drug-likeness (QED) is 0.235. The predicted octanol–water partition coefficient (Wildman–Crippen LogP) is 4.15. The molecule has 0 fully saturated rings. The van der Waals surface area contributed by atoms with Gasteiger partial charge < -0.3 is 25.7 Å². The number of nitrogens with one attached hydrogen (secondary N) is 2. The average Bonchev–Trinajstić information content (AvgIpc) is 2.90. The summed E-state index contributed by atoms with van der Waals surface area (Å²) in [4.78, 5) is 40.5. The van der Waals surface area contributed by atoms with E-state index in [0.29, 0.717) is 24.2 Å². The molecular weight excluding hydrogens is 544 g/mol. The number of aliphatic hydroxyl groups excluding tert-OH is 2. The number of aryl methyl sites for hydroxylation is 1. The van der Waals surface area contributed by atoms with Gasteiger partial charge in [-0.3, -0.25) is 14.4 Å². The zero-order chi connectivity index (χ0) is 31.4. The molecular formula is C32H45F2N3O5. The summed E-state index contributed by atoms with van der Waals surface area (Å²) in [6, 6.07) is 6.85. The second-order valence-electron chi connectivity index (χ2n) is 11.2. The van der Waals surface area contributed by atoms with E-state index in [-0.39, 0.29) is 48.8 Å². The molecule has 2 aromatic rings. The van der Waals surface area contributed by atoms with Gasteiger partial charge in [0, 0.05) is 36.8 Å². The van der Waals surface area contributed by atoms with Crippen molar-refractivity contribution in [3.63, 3.8) is 0 Å². The molecule has 0 aliphatic carbocycles. The molecule has 4 N–H and O–H groups in total. The Labute approximate surface area is 247 Å². The van der Waals surface area contributed by atoms with Crippen LogP contribution in [0.4, 0.5) is 8.78 Å². The number of carbonyl (C=O) groups excluding carboxylic acids is 3. The molecule has 0 heterocycles. The average molecular weight is 590 g/mol. The van der Waals surface area contributed by atoms with Crippen molar-refractivity contribution in [2.75, 3.05) is 19.6 Å². The van der Waals surface area contributed by atoms with Gasteiger partial charge in [0.05, 0.1) is 12.1 Å². The number of benzene rings is 2. The molecule has 42 heavy (non-hydrogen) atoms. The number of amides is 3. The maximum absolute atomic E-state index is 13.9. The van der Waals surface area contributed by atoms with Crippen LogP contribution >= 0.6 is 0 Å². The molecule has 2 aromatic carbocycles. The van der Waals surface area contributed by atoms with Crippen LogP contribution < -0.4 is 10.6 Å².